The average molecular weight is 328 g/mol. The molecule has 0 aromatic heterocycles. The van der Waals surface area contributed by atoms with Gasteiger partial charge in [0.15, 0.2) is 0 Å². The first kappa shape index (κ1) is 17.9. The third-order valence-electron chi connectivity index (χ3n) is 2.95. The average Bonchev–Trinajstić information content (AvgIpc) is 2.57. The molecule has 0 atom stereocenters. The molecule has 0 aliphatic carbocycles. The van der Waals surface area contributed by atoms with E-state index in [2.05, 4.69) is 5.32 Å². The Morgan fingerprint density at radius 1 is 1.41 bits per heavy atom. The number of anilines is 1. The lowest BCUT2D eigenvalue weighted by atomic mass is 10.1. The Bertz CT molecular complexity index is 563. The molecular formula is C14H18ClN3O4. The first-order chi connectivity index (χ1) is 10.4. The third-order valence-corrected chi connectivity index (χ3v) is 3.26. The van der Waals surface area contributed by atoms with Crippen molar-refractivity contribution in [1.82, 2.24) is 9.80 Å². The zero-order chi connectivity index (χ0) is 16.7. The van der Waals surface area contributed by atoms with E-state index in [1.165, 1.54) is 4.90 Å². The standard InChI is InChI=1S/C13H16ClN3O2.CH2O2/c1-16(2)6-7-17-8-11(18)15-12-9(13(17)19)4-3-5-10(12)14;2-1-3/h3-5H,6-8H2,1-2H3,(H,15,18);1H,(H,2,3). The molecule has 1 aliphatic rings. The number of nitrogens with one attached hydrogen (secondary N) is 1. The number of carboxylic acid groups (broad SMARTS) is 1. The Labute approximate surface area is 133 Å². The van der Waals surface area contributed by atoms with Gasteiger partial charge in [0.2, 0.25) is 5.91 Å². The van der Waals surface area contributed by atoms with Gasteiger partial charge in [0.05, 0.1) is 16.3 Å². The summed E-state index contributed by atoms with van der Waals surface area (Å²) in [6.07, 6.45) is 0. The van der Waals surface area contributed by atoms with Crippen molar-refractivity contribution in [2.45, 2.75) is 0 Å². The van der Waals surface area contributed by atoms with Crippen LogP contribution in [0.2, 0.25) is 5.02 Å². The van der Waals surface area contributed by atoms with E-state index in [0.717, 1.165) is 0 Å². The van der Waals surface area contributed by atoms with E-state index >= 15 is 0 Å². The largest absolute Gasteiger partial charge is 0.483 e. The van der Waals surface area contributed by atoms with Crippen molar-refractivity contribution in [3.63, 3.8) is 0 Å². The molecule has 22 heavy (non-hydrogen) atoms. The Morgan fingerprint density at radius 2 is 2.05 bits per heavy atom. The second-order valence-corrected chi connectivity index (χ2v) is 5.25. The summed E-state index contributed by atoms with van der Waals surface area (Å²) in [4.78, 5) is 36.1. The molecule has 0 bridgehead atoms. The molecule has 0 saturated heterocycles. The van der Waals surface area contributed by atoms with Crippen molar-refractivity contribution >= 4 is 35.6 Å². The number of likely N-dealkylation sites (N-methyl/N-ethyl adjacent to an activating group) is 1. The molecule has 0 radical (unpaired) electrons. The number of rotatable bonds is 3. The van der Waals surface area contributed by atoms with Gasteiger partial charge in [0, 0.05) is 13.1 Å². The molecule has 1 heterocycles. The van der Waals surface area contributed by atoms with E-state index in [0.29, 0.717) is 29.4 Å². The van der Waals surface area contributed by atoms with Crippen molar-refractivity contribution < 1.29 is 19.5 Å². The molecule has 120 valence electrons. The Hall–Kier alpha value is -2.12. The first-order valence-electron chi connectivity index (χ1n) is 6.51. The number of carbonyl (C=O) groups is 3. The number of fused-ring (bicyclic) bond motifs is 1. The topological polar surface area (TPSA) is 90.0 Å². The van der Waals surface area contributed by atoms with Gasteiger partial charge < -0.3 is 20.2 Å². The van der Waals surface area contributed by atoms with Gasteiger partial charge in [-0.3, -0.25) is 14.4 Å². The second kappa shape index (κ2) is 8.35. The second-order valence-electron chi connectivity index (χ2n) is 4.85. The fourth-order valence-electron chi connectivity index (χ4n) is 1.93. The third kappa shape index (κ3) is 4.71. The lowest BCUT2D eigenvalue weighted by Crippen LogP contribution is -2.39. The predicted molar refractivity (Wildman–Crippen MR) is 83.2 cm³/mol. The predicted octanol–water partition coefficient (Wildman–Crippen LogP) is 0.997. The smallest absolute Gasteiger partial charge is 0.290 e. The molecule has 7 nitrogen and oxygen atoms in total. The van der Waals surface area contributed by atoms with Gasteiger partial charge in [0.1, 0.15) is 6.54 Å². The number of amides is 2. The monoisotopic (exact) mass is 327 g/mol. The van der Waals surface area contributed by atoms with Crippen LogP contribution in [0.1, 0.15) is 10.4 Å². The van der Waals surface area contributed by atoms with Crippen LogP contribution in [0.3, 0.4) is 0 Å². The summed E-state index contributed by atoms with van der Waals surface area (Å²) in [6.45, 7) is 1.01. The fourth-order valence-corrected chi connectivity index (χ4v) is 2.15. The minimum atomic E-state index is -0.250. The van der Waals surface area contributed by atoms with E-state index in [4.69, 9.17) is 21.5 Å². The summed E-state index contributed by atoms with van der Waals surface area (Å²) in [5.41, 5.74) is 0.851. The maximum atomic E-state index is 12.4. The molecule has 0 unspecified atom stereocenters. The summed E-state index contributed by atoms with van der Waals surface area (Å²) in [5, 5.41) is 9.96. The number of para-hydroxylation sites is 1. The zero-order valence-corrected chi connectivity index (χ0v) is 13.1. The van der Waals surface area contributed by atoms with Crippen LogP contribution >= 0.6 is 11.6 Å². The SMILES string of the molecule is CN(C)CCN1CC(=O)Nc2c(Cl)cccc2C1=O.O=CO. The molecule has 0 fully saturated rings. The van der Waals surface area contributed by atoms with E-state index in [-0.39, 0.29) is 24.8 Å². The number of nitrogens with zero attached hydrogens (tertiary/aromatic N) is 2. The van der Waals surface area contributed by atoms with Crippen LogP contribution in [0.15, 0.2) is 18.2 Å². The van der Waals surface area contributed by atoms with Crippen LogP contribution in [0, 0.1) is 0 Å². The van der Waals surface area contributed by atoms with Crippen LogP contribution in [0.4, 0.5) is 5.69 Å². The summed E-state index contributed by atoms with van der Waals surface area (Å²) in [6, 6.07) is 5.04. The fraction of sp³-hybridized carbons (Fsp3) is 0.357. The molecule has 1 aromatic carbocycles. The Morgan fingerprint density at radius 3 is 2.64 bits per heavy atom. The molecule has 0 spiro atoms. The van der Waals surface area contributed by atoms with E-state index in [1.807, 2.05) is 19.0 Å². The minimum absolute atomic E-state index is 0.0533. The lowest BCUT2D eigenvalue weighted by Gasteiger charge is -2.21. The number of carbonyl (C=O) groups excluding carboxylic acids is 2. The first-order valence-corrected chi connectivity index (χ1v) is 6.88. The molecule has 2 N–H and O–H groups in total. The van der Waals surface area contributed by atoms with Gasteiger partial charge in [-0.05, 0) is 26.2 Å². The number of benzene rings is 1. The maximum Gasteiger partial charge on any atom is 0.290 e. The summed E-state index contributed by atoms with van der Waals surface area (Å²) < 4.78 is 0. The highest BCUT2D eigenvalue weighted by Gasteiger charge is 2.27. The highest BCUT2D eigenvalue weighted by Crippen LogP contribution is 2.28. The molecular weight excluding hydrogens is 310 g/mol. The van der Waals surface area contributed by atoms with Crippen LogP contribution in [-0.4, -0.2) is 66.9 Å². The number of hydrogen-bond acceptors (Lipinski definition) is 4. The Balaban J connectivity index is 0.000000745. The van der Waals surface area contributed by atoms with Gasteiger partial charge in [-0.2, -0.15) is 0 Å². The van der Waals surface area contributed by atoms with Gasteiger partial charge in [-0.15, -0.1) is 0 Å². The van der Waals surface area contributed by atoms with Crippen molar-refractivity contribution in [2.24, 2.45) is 0 Å². The molecule has 2 rings (SSSR count). The van der Waals surface area contributed by atoms with E-state index in [1.54, 1.807) is 18.2 Å². The number of halogens is 1. The Kier molecular flexibility index (Phi) is 6.81. The van der Waals surface area contributed by atoms with Crippen molar-refractivity contribution in [2.75, 3.05) is 39.0 Å². The molecule has 1 aliphatic heterocycles. The van der Waals surface area contributed by atoms with Crippen LogP contribution in [0.5, 0.6) is 0 Å². The van der Waals surface area contributed by atoms with Crippen molar-refractivity contribution in [3.05, 3.63) is 28.8 Å². The molecule has 1 aromatic rings. The lowest BCUT2D eigenvalue weighted by molar-refractivity contribution is -0.123. The van der Waals surface area contributed by atoms with Gasteiger partial charge in [-0.25, -0.2) is 0 Å². The highest BCUT2D eigenvalue weighted by molar-refractivity contribution is 6.35. The van der Waals surface area contributed by atoms with Crippen LogP contribution < -0.4 is 5.32 Å². The molecule has 0 saturated carbocycles. The molecule has 2 amide bonds. The zero-order valence-electron chi connectivity index (χ0n) is 12.4. The van der Waals surface area contributed by atoms with E-state index in [9.17, 15) is 9.59 Å². The van der Waals surface area contributed by atoms with Gasteiger partial charge >= 0.3 is 0 Å². The minimum Gasteiger partial charge on any atom is -0.483 e. The van der Waals surface area contributed by atoms with E-state index < -0.39 is 0 Å². The summed E-state index contributed by atoms with van der Waals surface area (Å²) >= 11 is 6.03. The summed E-state index contributed by atoms with van der Waals surface area (Å²) in [7, 11) is 3.85. The van der Waals surface area contributed by atoms with Crippen molar-refractivity contribution in [3.8, 4) is 0 Å². The summed E-state index contributed by atoms with van der Waals surface area (Å²) in [5.74, 6) is -0.392. The highest BCUT2D eigenvalue weighted by atomic mass is 35.5. The quantitative estimate of drug-likeness (QED) is 0.808. The van der Waals surface area contributed by atoms with Gasteiger partial charge in [-0.1, -0.05) is 17.7 Å². The van der Waals surface area contributed by atoms with Crippen molar-refractivity contribution in [1.29, 1.82) is 0 Å². The van der Waals surface area contributed by atoms with Crippen LogP contribution in [0.25, 0.3) is 0 Å². The number of hydrogen-bond donors (Lipinski definition) is 2. The normalized spacial score (nSPS) is 13.7. The van der Waals surface area contributed by atoms with Crippen LogP contribution in [-0.2, 0) is 9.59 Å². The molecule has 8 heteroatoms. The van der Waals surface area contributed by atoms with Gasteiger partial charge in [0.25, 0.3) is 12.4 Å². The maximum absolute atomic E-state index is 12.4.